The molecular formula is C15H25Cl2N3OS. The summed E-state index contributed by atoms with van der Waals surface area (Å²) >= 11 is 2.02. The second-order valence-corrected chi connectivity index (χ2v) is 6.29. The number of halogens is 2. The molecule has 1 aliphatic heterocycles. The van der Waals surface area contributed by atoms with Crippen LogP contribution in [-0.2, 0) is 11.3 Å². The molecule has 1 aromatic carbocycles. The van der Waals surface area contributed by atoms with Crippen LogP contribution in [-0.4, -0.2) is 41.9 Å². The van der Waals surface area contributed by atoms with Crippen molar-refractivity contribution in [3.63, 3.8) is 0 Å². The van der Waals surface area contributed by atoms with Gasteiger partial charge in [0.2, 0.25) is 5.91 Å². The number of nitrogens with one attached hydrogen (secondary N) is 1. The number of nitrogens with zero attached hydrogens (tertiary/aromatic N) is 1. The maximum atomic E-state index is 11.7. The summed E-state index contributed by atoms with van der Waals surface area (Å²) in [6.07, 6.45) is 0.368. The van der Waals surface area contributed by atoms with Crippen molar-refractivity contribution in [2.45, 2.75) is 19.9 Å². The zero-order valence-corrected chi connectivity index (χ0v) is 15.3. The van der Waals surface area contributed by atoms with E-state index < -0.39 is 0 Å². The first-order valence-corrected chi connectivity index (χ1v) is 8.24. The molecule has 1 saturated heterocycles. The van der Waals surface area contributed by atoms with Gasteiger partial charge in [-0.3, -0.25) is 9.69 Å². The third-order valence-corrected chi connectivity index (χ3v) is 4.53. The highest BCUT2D eigenvalue weighted by atomic mass is 35.5. The Bertz CT molecular complexity index is 468. The van der Waals surface area contributed by atoms with E-state index in [0.717, 1.165) is 30.9 Å². The van der Waals surface area contributed by atoms with Crippen molar-refractivity contribution in [1.82, 2.24) is 4.90 Å². The molecule has 3 N–H and O–H groups in total. The number of hydrogen-bond donors (Lipinski definition) is 2. The van der Waals surface area contributed by atoms with Crippen LogP contribution in [0.2, 0.25) is 0 Å². The van der Waals surface area contributed by atoms with Gasteiger partial charge in [0.1, 0.15) is 0 Å². The van der Waals surface area contributed by atoms with E-state index in [0.29, 0.717) is 13.0 Å². The Morgan fingerprint density at radius 1 is 1.32 bits per heavy atom. The highest BCUT2D eigenvalue weighted by Crippen LogP contribution is 2.21. The summed E-state index contributed by atoms with van der Waals surface area (Å²) < 4.78 is 0. The fourth-order valence-corrected chi connectivity index (χ4v) is 3.31. The van der Waals surface area contributed by atoms with Gasteiger partial charge in [-0.05, 0) is 24.1 Å². The van der Waals surface area contributed by atoms with Crippen LogP contribution in [0.1, 0.15) is 17.5 Å². The predicted molar refractivity (Wildman–Crippen MR) is 101 cm³/mol. The molecule has 0 aromatic heterocycles. The van der Waals surface area contributed by atoms with E-state index in [2.05, 4.69) is 23.2 Å². The van der Waals surface area contributed by atoms with Crippen LogP contribution in [0.5, 0.6) is 0 Å². The minimum absolute atomic E-state index is 0. The maximum absolute atomic E-state index is 11.7. The number of thioether (sulfide) groups is 1. The van der Waals surface area contributed by atoms with E-state index in [1.807, 2.05) is 23.9 Å². The predicted octanol–water partition coefficient (Wildman–Crippen LogP) is 2.67. The molecule has 22 heavy (non-hydrogen) atoms. The van der Waals surface area contributed by atoms with Gasteiger partial charge in [0, 0.05) is 49.8 Å². The summed E-state index contributed by atoms with van der Waals surface area (Å²) in [6, 6.07) is 6.12. The van der Waals surface area contributed by atoms with Gasteiger partial charge in [-0.1, -0.05) is 12.1 Å². The minimum atomic E-state index is -0.0119. The van der Waals surface area contributed by atoms with Crippen molar-refractivity contribution in [2.24, 2.45) is 5.73 Å². The Hall–Kier alpha value is -0.460. The average Bonchev–Trinajstić information content (AvgIpc) is 2.45. The molecule has 1 amide bonds. The molecule has 2 rings (SSSR count). The minimum Gasteiger partial charge on any atom is -0.330 e. The van der Waals surface area contributed by atoms with Crippen molar-refractivity contribution < 1.29 is 4.79 Å². The number of carbonyl (C=O) groups excluding carboxylic acids is 1. The number of amides is 1. The molecule has 1 aromatic rings. The lowest BCUT2D eigenvalue weighted by atomic mass is 10.1. The zero-order valence-electron chi connectivity index (χ0n) is 12.8. The van der Waals surface area contributed by atoms with Gasteiger partial charge in [-0.25, -0.2) is 0 Å². The third kappa shape index (κ3) is 6.34. The lowest BCUT2D eigenvalue weighted by Crippen LogP contribution is -2.32. The van der Waals surface area contributed by atoms with Gasteiger partial charge in [-0.2, -0.15) is 11.8 Å². The molecule has 0 atom stereocenters. The Morgan fingerprint density at radius 2 is 2.00 bits per heavy atom. The number of nitrogens with two attached hydrogens (primary N) is 1. The van der Waals surface area contributed by atoms with Crippen molar-refractivity contribution in [3.05, 3.63) is 29.3 Å². The van der Waals surface area contributed by atoms with Gasteiger partial charge < -0.3 is 11.1 Å². The lowest BCUT2D eigenvalue weighted by molar-refractivity contribution is -0.116. The topological polar surface area (TPSA) is 58.4 Å². The van der Waals surface area contributed by atoms with Crippen LogP contribution in [0.4, 0.5) is 5.69 Å². The molecule has 1 aliphatic rings. The van der Waals surface area contributed by atoms with E-state index in [1.165, 1.54) is 17.1 Å². The second-order valence-electron chi connectivity index (χ2n) is 5.07. The van der Waals surface area contributed by atoms with Crippen LogP contribution >= 0.6 is 36.6 Å². The van der Waals surface area contributed by atoms with Crippen molar-refractivity contribution >= 4 is 48.2 Å². The number of rotatable bonds is 5. The van der Waals surface area contributed by atoms with Crippen LogP contribution in [0.25, 0.3) is 0 Å². The van der Waals surface area contributed by atoms with Crippen LogP contribution in [0.15, 0.2) is 18.2 Å². The first-order valence-electron chi connectivity index (χ1n) is 7.09. The summed E-state index contributed by atoms with van der Waals surface area (Å²) in [5, 5.41) is 2.95. The molecule has 4 nitrogen and oxygen atoms in total. The van der Waals surface area contributed by atoms with Gasteiger partial charge in [0.05, 0.1) is 0 Å². The van der Waals surface area contributed by atoms with Crippen LogP contribution in [0.3, 0.4) is 0 Å². The van der Waals surface area contributed by atoms with Crippen LogP contribution < -0.4 is 11.1 Å². The lowest BCUT2D eigenvalue weighted by Gasteiger charge is -2.27. The summed E-state index contributed by atoms with van der Waals surface area (Å²) in [5.41, 5.74) is 8.77. The van der Waals surface area contributed by atoms with E-state index >= 15 is 0 Å². The highest BCUT2D eigenvalue weighted by molar-refractivity contribution is 7.99. The first kappa shape index (κ1) is 21.5. The van der Waals surface area contributed by atoms with Crippen LogP contribution in [0, 0.1) is 6.92 Å². The molecule has 126 valence electrons. The Kier molecular flexibility index (Phi) is 10.9. The van der Waals surface area contributed by atoms with Gasteiger partial charge in [-0.15, -0.1) is 24.8 Å². The maximum Gasteiger partial charge on any atom is 0.225 e. The van der Waals surface area contributed by atoms with Crippen molar-refractivity contribution in [1.29, 1.82) is 0 Å². The summed E-state index contributed by atoms with van der Waals surface area (Å²) in [6.45, 7) is 5.72. The van der Waals surface area contributed by atoms with Gasteiger partial charge in [0.15, 0.2) is 0 Å². The first-order chi connectivity index (χ1) is 9.70. The molecule has 1 heterocycles. The fourth-order valence-electron chi connectivity index (χ4n) is 2.33. The number of carbonyl (C=O) groups is 1. The summed E-state index contributed by atoms with van der Waals surface area (Å²) in [5.74, 6) is 2.42. The number of hydrogen-bond acceptors (Lipinski definition) is 4. The van der Waals surface area contributed by atoms with Gasteiger partial charge in [0.25, 0.3) is 0 Å². The Balaban J connectivity index is 0.00000220. The van der Waals surface area contributed by atoms with E-state index in [1.54, 1.807) is 0 Å². The van der Waals surface area contributed by atoms with E-state index in [-0.39, 0.29) is 30.7 Å². The molecule has 0 aliphatic carbocycles. The quantitative estimate of drug-likeness (QED) is 0.841. The second kappa shape index (κ2) is 11.1. The average molecular weight is 366 g/mol. The smallest absolute Gasteiger partial charge is 0.225 e. The molecule has 0 bridgehead atoms. The van der Waals surface area contributed by atoms with Crippen molar-refractivity contribution in [3.8, 4) is 0 Å². The standard InChI is InChI=1S/C15H23N3OS.2ClH/c1-12-13(11-18-7-9-20-10-8-18)3-2-4-14(12)17-15(19)5-6-16;;/h2-4H,5-11,16H2,1H3,(H,17,19);2*1H. The summed E-state index contributed by atoms with van der Waals surface area (Å²) in [7, 11) is 0. The highest BCUT2D eigenvalue weighted by Gasteiger charge is 2.13. The third-order valence-electron chi connectivity index (χ3n) is 3.59. The van der Waals surface area contributed by atoms with Gasteiger partial charge >= 0.3 is 0 Å². The molecule has 1 fully saturated rings. The molecule has 0 radical (unpaired) electrons. The summed E-state index contributed by atoms with van der Waals surface area (Å²) in [4.78, 5) is 14.1. The Morgan fingerprint density at radius 3 is 2.64 bits per heavy atom. The largest absolute Gasteiger partial charge is 0.330 e. The molecule has 7 heteroatoms. The molecule has 0 saturated carbocycles. The van der Waals surface area contributed by atoms with Crippen molar-refractivity contribution in [2.75, 3.05) is 36.5 Å². The monoisotopic (exact) mass is 365 g/mol. The normalized spacial score (nSPS) is 14.6. The number of anilines is 1. The van der Waals surface area contributed by atoms with E-state index in [9.17, 15) is 4.79 Å². The SMILES string of the molecule is Cc1c(CN2CCSCC2)cccc1NC(=O)CCN.Cl.Cl. The Labute approximate surface area is 149 Å². The fraction of sp³-hybridized carbons (Fsp3) is 0.533. The van der Waals surface area contributed by atoms with E-state index in [4.69, 9.17) is 5.73 Å². The molecule has 0 spiro atoms. The number of benzene rings is 1. The molecular weight excluding hydrogens is 341 g/mol. The molecule has 0 unspecified atom stereocenters. The zero-order chi connectivity index (χ0) is 14.4.